The lowest BCUT2D eigenvalue weighted by Gasteiger charge is -2.32. The predicted octanol–water partition coefficient (Wildman–Crippen LogP) is 4.18. The lowest BCUT2D eigenvalue weighted by molar-refractivity contribution is 0.134. The van der Waals surface area contributed by atoms with E-state index in [1.54, 1.807) is 16.4 Å². The third-order valence-electron chi connectivity index (χ3n) is 4.85. The van der Waals surface area contributed by atoms with Gasteiger partial charge in [-0.3, -0.25) is 0 Å². The van der Waals surface area contributed by atoms with Crippen LogP contribution < -0.4 is 4.74 Å². The first-order valence-corrected chi connectivity index (χ1v) is 10.8. The zero-order valence-corrected chi connectivity index (χ0v) is 16.3. The molecule has 0 amide bonds. The van der Waals surface area contributed by atoms with Gasteiger partial charge in [0.25, 0.3) is 0 Å². The van der Waals surface area contributed by atoms with E-state index in [0.29, 0.717) is 30.8 Å². The minimum Gasteiger partial charge on any atom is -0.490 e. The van der Waals surface area contributed by atoms with E-state index in [1.807, 2.05) is 37.3 Å². The van der Waals surface area contributed by atoms with Crippen molar-refractivity contribution in [2.24, 2.45) is 0 Å². The Bertz CT molecular complexity index is 823. The molecule has 4 nitrogen and oxygen atoms in total. The number of benzene rings is 2. The van der Waals surface area contributed by atoms with Gasteiger partial charge in [0, 0.05) is 13.1 Å². The number of hydrogen-bond acceptors (Lipinski definition) is 3. The first-order valence-electron chi connectivity index (χ1n) is 9.32. The van der Waals surface area contributed by atoms with Crippen LogP contribution in [0.5, 0.6) is 5.75 Å². The summed E-state index contributed by atoms with van der Waals surface area (Å²) in [7, 11) is -3.41. The fourth-order valence-corrected chi connectivity index (χ4v) is 4.79. The SMILES string of the molecule is CCCc1ccccc1OC1CCN(S(=O)(=O)c2ccc(C)cc2)CC1. The summed E-state index contributed by atoms with van der Waals surface area (Å²) >= 11 is 0. The normalized spacial score (nSPS) is 16.5. The first kappa shape index (κ1) is 18.9. The van der Waals surface area contributed by atoms with E-state index in [1.165, 1.54) is 5.56 Å². The molecule has 0 radical (unpaired) electrons. The van der Waals surface area contributed by atoms with Crippen LogP contribution in [0.25, 0.3) is 0 Å². The fourth-order valence-electron chi connectivity index (χ4n) is 3.32. The number of aryl methyl sites for hydroxylation is 2. The molecule has 0 unspecified atom stereocenters. The van der Waals surface area contributed by atoms with Crippen LogP contribution in [0.3, 0.4) is 0 Å². The number of rotatable bonds is 6. The molecule has 2 aromatic carbocycles. The van der Waals surface area contributed by atoms with Gasteiger partial charge in [0.2, 0.25) is 10.0 Å². The Morgan fingerprint density at radius 1 is 1.04 bits per heavy atom. The van der Waals surface area contributed by atoms with E-state index < -0.39 is 10.0 Å². The molecule has 0 bridgehead atoms. The molecule has 0 atom stereocenters. The molecular weight excluding hydrogens is 346 g/mol. The molecule has 1 saturated heterocycles. The molecule has 0 aliphatic carbocycles. The topological polar surface area (TPSA) is 46.6 Å². The Hall–Kier alpha value is -1.85. The molecule has 26 heavy (non-hydrogen) atoms. The summed E-state index contributed by atoms with van der Waals surface area (Å²) in [5, 5.41) is 0. The van der Waals surface area contributed by atoms with Gasteiger partial charge in [0.15, 0.2) is 0 Å². The van der Waals surface area contributed by atoms with E-state index in [4.69, 9.17) is 4.74 Å². The van der Waals surface area contributed by atoms with E-state index in [-0.39, 0.29) is 6.10 Å². The van der Waals surface area contributed by atoms with Gasteiger partial charge in [0.1, 0.15) is 11.9 Å². The maximum Gasteiger partial charge on any atom is 0.243 e. The van der Waals surface area contributed by atoms with E-state index in [0.717, 1.165) is 24.2 Å². The molecule has 1 heterocycles. The summed E-state index contributed by atoms with van der Waals surface area (Å²) in [6, 6.07) is 15.2. The highest BCUT2D eigenvalue weighted by Gasteiger charge is 2.30. The van der Waals surface area contributed by atoms with Crippen molar-refractivity contribution >= 4 is 10.0 Å². The third-order valence-corrected chi connectivity index (χ3v) is 6.76. The molecule has 1 aliphatic rings. The number of nitrogens with zero attached hydrogens (tertiary/aromatic N) is 1. The average molecular weight is 374 g/mol. The van der Waals surface area contributed by atoms with Crippen LogP contribution in [0.4, 0.5) is 0 Å². The van der Waals surface area contributed by atoms with Crippen LogP contribution in [-0.2, 0) is 16.4 Å². The average Bonchev–Trinajstić information content (AvgIpc) is 2.64. The highest BCUT2D eigenvalue weighted by Crippen LogP contribution is 2.26. The fraction of sp³-hybridized carbons (Fsp3) is 0.429. The third kappa shape index (κ3) is 4.27. The smallest absolute Gasteiger partial charge is 0.243 e. The van der Waals surface area contributed by atoms with E-state index >= 15 is 0 Å². The highest BCUT2D eigenvalue weighted by atomic mass is 32.2. The lowest BCUT2D eigenvalue weighted by atomic mass is 10.1. The van der Waals surface area contributed by atoms with Gasteiger partial charge >= 0.3 is 0 Å². The van der Waals surface area contributed by atoms with Gasteiger partial charge in [-0.25, -0.2) is 8.42 Å². The monoisotopic (exact) mass is 373 g/mol. The van der Waals surface area contributed by atoms with Crippen LogP contribution in [-0.4, -0.2) is 31.9 Å². The summed E-state index contributed by atoms with van der Waals surface area (Å²) in [6.45, 7) is 5.11. The van der Waals surface area contributed by atoms with Crippen molar-refractivity contribution in [1.82, 2.24) is 4.31 Å². The van der Waals surface area contributed by atoms with Gasteiger partial charge < -0.3 is 4.74 Å². The number of hydrogen-bond donors (Lipinski definition) is 0. The minimum atomic E-state index is -3.41. The Kier molecular flexibility index (Phi) is 5.99. The summed E-state index contributed by atoms with van der Waals surface area (Å²) in [5.41, 5.74) is 2.28. The molecule has 140 valence electrons. The standard InChI is InChI=1S/C21H27NO3S/c1-3-6-18-7-4-5-8-21(18)25-19-13-15-22(16-14-19)26(23,24)20-11-9-17(2)10-12-20/h4-5,7-12,19H,3,6,13-16H2,1-2H3. The van der Waals surface area contributed by atoms with Gasteiger partial charge in [-0.1, -0.05) is 49.2 Å². The highest BCUT2D eigenvalue weighted by molar-refractivity contribution is 7.89. The van der Waals surface area contributed by atoms with E-state index in [2.05, 4.69) is 13.0 Å². The van der Waals surface area contributed by atoms with Crippen LogP contribution in [0.1, 0.15) is 37.3 Å². The van der Waals surface area contributed by atoms with Crippen molar-refractivity contribution in [3.05, 3.63) is 59.7 Å². The number of para-hydroxylation sites is 1. The number of piperidine rings is 1. The molecular formula is C21H27NO3S. The Labute approximate surface area is 156 Å². The maximum absolute atomic E-state index is 12.8. The minimum absolute atomic E-state index is 0.0671. The Morgan fingerprint density at radius 2 is 1.69 bits per heavy atom. The summed E-state index contributed by atoms with van der Waals surface area (Å²) in [5.74, 6) is 0.939. The van der Waals surface area contributed by atoms with Crippen molar-refractivity contribution < 1.29 is 13.2 Å². The molecule has 5 heteroatoms. The second kappa shape index (κ2) is 8.23. The van der Waals surface area contributed by atoms with Gasteiger partial charge in [0.05, 0.1) is 4.90 Å². The second-order valence-electron chi connectivity index (χ2n) is 6.89. The van der Waals surface area contributed by atoms with Crippen molar-refractivity contribution in [1.29, 1.82) is 0 Å². The molecule has 1 fully saturated rings. The quantitative estimate of drug-likeness (QED) is 0.763. The maximum atomic E-state index is 12.8. The molecule has 0 N–H and O–H groups in total. The van der Waals surface area contributed by atoms with Crippen molar-refractivity contribution in [2.45, 2.75) is 50.5 Å². The van der Waals surface area contributed by atoms with Crippen molar-refractivity contribution in [3.63, 3.8) is 0 Å². The molecule has 0 saturated carbocycles. The summed E-state index contributed by atoms with van der Waals surface area (Å²) in [6.07, 6.45) is 3.57. The largest absolute Gasteiger partial charge is 0.490 e. The predicted molar refractivity (Wildman–Crippen MR) is 104 cm³/mol. The zero-order valence-electron chi connectivity index (χ0n) is 15.5. The van der Waals surface area contributed by atoms with Gasteiger partial charge in [-0.05, 0) is 49.9 Å². The second-order valence-corrected chi connectivity index (χ2v) is 8.83. The molecule has 2 aromatic rings. The summed E-state index contributed by atoms with van der Waals surface area (Å²) < 4.78 is 33.4. The lowest BCUT2D eigenvalue weighted by Crippen LogP contribution is -2.41. The Morgan fingerprint density at radius 3 is 2.35 bits per heavy atom. The van der Waals surface area contributed by atoms with E-state index in [9.17, 15) is 8.42 Å². The molecule has 1 aliphatic heterocycles. The molecule has 0 aromatic heterocycles. The van der Waals surface area contributed by atoms with Crippen molar-refractivity contribution in [3.8, 4) is 5.75 Å². The first-order chi connectivity index (χ1) is 12.5. The molecule has 3 rings (SSSR count). The van der Waals surface area contributed by atoms with Crippen LogP contribution in [0.15, 0.2) is 53.4 Å². The van der Waals surface area contributed by atoms with Crippen LogP contribution in [0.2, 0.25) is 0 Å². The Balaban J connectivity index is 1.63. The van der Waals surface area contributed by atoms with Crippen LogP contribution in [0, 0.1) is 6.92 Å². The van der Waals surface area contributed by atoms with Crippen LogP contribution >= 0.6 is 0 Å². The van der Waals surface area contributed by atoms with Gasteiger partial charge in [-0.15, -0.1) is 0 Å². The molecule has 0 spiro atoms. The van der Waals surface area contributed by atoms with Crippen molar-refractivity contribution in [2.75, 3.05) is 13.1 Å². The number of ether oxygens (including phenoxy) is 1. The van der Waals surface area contributed by atoms with Gasteiger partial charge in [-0.2, -0.15) is 4.31 Å². The summed E-state index contributed by atoms with van der Waals surface area (Å²) in [4.78, 5) is 0.371. The number of sulfonamides is 1. The zero-order chi connectivity index (χ0) is 18.6.